The number of benzene rings is 1. The van der Waals surface area contributed by atoms with Gasteiger partial charge in [0.1, 0.15) is 5.15 Å². The summed E-state index contributed by atoms with van der Waals surface area (Å²) < 4.78 is 0. The van der Waals surface area contributed by atoms with E-state index in [-0.39, 0.29) is 5.15 Å². The zero-order chi connectivity index (χ0) is 12.4. The smallest absolute Gasteiger partial charge is 0.151 e. The Morgan fingerprint density at radius 3 is 2.29 bits per heavy atom. The fraction of sp³-hybridized carbons (Fsp3) is 0.0833. The summed E-state index contributed by atoms with van der Waals surface area (Å²) in [6, 6.07) is 9.43. The number of halogens is 3. The molecule has 0 saturated carbocycles. The van der Waals surface area contributed by atoms with Crippen LogP contribution in [-0.4, -0.2) is 4.98 Å². The number of nitrogens with one attached hydrogen (secondary N) is 1. The Bertz CT molecular complexity index is 538. The summed E-state index contributed by atoms with van der Waals surface area (Å²) in [6.07, 6.45) is 0. The van der Waals surface area contributed by atoms with E-state index < -0.39 is 0 Å². The summed E-state index contributed by atoms with van der Waals surface area (Å²) in [6.45, 7) is 2.02. The second-order valence-corrected chi connectivity index (χ2v) is 4.75. The van der Waals surface area contributed by atoms with Gasteiger partial charge < -0.3 is 5.32 Å². The first-order valence-corrected chi connectivity index (χ1v) is 6.05. The van der Waals surface area contributed by atoms with Crippen LogP contribution >= 0.6 is 34.8 Å². The zero-order valence-electron chi connectivity index (χ0n) is 8.97. The van der Waals surface area contributed by atoms with Gasteiger partial charge in [-0.05, 0) is 25.1 Å². The highest BCUT2D eigenvalue weighted by Crippen LogP contribution is 2.30. The Balaban J connectivity index is 2.30. The molecular weight excluding hydrogens is 279 g/mol. The lowest BCUT2D eigenvalue weighted by molar-refractivity contribution is 1.30. The summed E-state index contributed by atoms with van der Waals surface area (Å²) in [5.74, 6) is 0.491. The number of nitrogens with zero attached hydrogens (tertiary/aromatic N) is 1. The van der Waals surface area contributed by atoms with Crippen molar-refractivity contribution in [3.05, 3.63) is 51.1 Å². The molecule has 1 aromatic heterocycles. The predicted octanol–water partition coefficient (Wildman–Crippen LogP) is 5.09. The SMILES string of the molecule is Cc1ccc(Nc2nc(Cl)c(Cl)cc2Cl)cc1. The number of rotatable bonds is 2. The van der Waals surface area contributed by atoms with Crippen LogP contribution in [0.25, 0.3) is 0 Å². The number of hydrogen-bond acceptors (Lipinski definition) is 2. The molecule has 2 rings (SSSR count). The molecule has 1 heterocycles. The van der Waals surface area contributed by atoms with Crippen LogP contribution in [0.2, 0.25) is 15.2 Å². The summed E-state index contributed by atoms with van der Waals surface area (Å²) in [5.41, 5.74) is 2.08. The van der Waals surface area contributed by atoms with Crippen molar-refractivity contribution in [3.63, 3.8) is 0 Å². The van der Waals surface area contributed by atoms with Crippen LogP contribution in [-0.2, 0) is 0 Å². The molecule has 0 bridgehead atoms. The minimum Gasteiger partial charge on any atom is -0.339 e. The standard InChI is InChI=1S/C12H9Cl3N2/c1-7-2-4-8(5-3-7)16-12-10(14)6-9(13)11(15)17-12/h2-6H,1H3,(H,16,17). The fourth-order valence-electron chi connectivity index (χ4n) is 1.31. The van der Waals surface area contributed by atoms with Crippen molar-refractivity contribution >= 4 is 46.3 Å². The first-order chi connectivity index (χ1) is 8.06. The van der Waals surface area contributed by atoms with Crippen LogP contribution in [0.4, 0.5) is 11.5 Å². The summed E-state index contributed by atoms with van der Waals surface area (Å²) in [7, 11) is 0. The van der Waals surface area contributed by atoms with Crippen LogP contribution < -0.4 is 5.32 Å². The lowest BCUT2D eigenvalue weighted by atomic mass is 10.2. The molecule has 5 heteroatoms. The maximum Gasteiger partial charge on any atom is 0.151 e. The maximum absolute atomic E-state index is 6.01. The van der Waals surface area contributed by atoms with E-state index in [0.29, 0.717) is 15.9 Å². The van der Waals surface area contributed by atoms with Gasteiger partial charge in [0.25, 0.3) is 0 Å². The molecule has 88 valence electrons. The molecule has 1 aromatic carbocycles. The number of hydrogen-bond donors (Lipinski definition) is 1. The van der Waals surface area contributed by atoms with Gasteiger partial charge in [0, 0.05) is 5.69 Å². The van der Waals surface area contributed by atoms with Gasteiger partial charge >= 0.3 is 0 Å². The van der Waals surface area contributed by atoms with Crippen molar-refractivity contribution in [1.29, 1.82) is 0 Å². The fourth-order valence-corrected chi connectivity index (χ4v) is 1.85. The van der Waals surface area contributed by atoms with E-state index in [1.807, 2.05) is 31.2 Å². The monoisotopic (exact) mass is 286 g/mol. The number of anilines is 2. The third-order valence-electron chi connectivity index (χ3n) is 2.20. The van der Waals surface area contributed by atoms with E-state index in [1.54, 1.807) is 6.07 Å². The molecular formula is C12H9Cl3N2. The molecule has 0 aliphatic carbocycles. The van der Waals surface area contributed by atoms with Gasteiger partial charge in [0.15, 0.2) is 5.82 Å². The molecule has 0 amide bonds. The van der Waals surface area contributed by atoms with Crippen molar-refractivity contribution in [2.75, 3.05) is 5.32 Å². The zero-order valence-corrected chi connectivity index (χ0v) is 11.2. The van der Waals surface area contributed by atoms with Gasteiger partial charge in [-0.3, -0.25) is 0 Å². The second kappa shape index (κ2) is 5.13. The van der Waals surface area contributed by atoms with Gasteiger partial charge in [-0.2, -0.15) is 0 Å². The van der Waals surface area contributed by atoms with E-state index in [0.717, 1.165) is 5.69 Å². The highest BCUT2D eigenvalue weighted by atomic mass is 35.5. The molecule has 0 saturated heterocycles. The van der Waals surface area contributed by atoms with Crippen molar-refractivity contribution < 1.29 is 0 Å². The van der Waals surface area contributed by atoms with Gasteiger partial charge in [-0.15, -0.1) is 0 Å². The van der Waals surface area contributed by atoms with Crippen molar-refractivity contribution in [2.45, 2.75) is 6.92 Å². The Morgan fingerprint density at radius 1 is 1.00 bits per heavy atom. The van der Waals surface area contributed by atoms with Crippen molar-refractivity contribution in [1.82, 2.24) is 4.98 Å². The molecule has 0 aliphatic heterocycles. The van der Waals surface area contributed by atoms with Gasteiger partial charge in [0.2, 0.25) is 0 Å². The number of pyridine rings is 1. The largest absolute Gasteiger partial charge is 0.339 e. The summed E-state index contributed by atoms with van der Waals surface area (Å²) in [4.78, 5) is 4.08. The van der Waals surface area contributed by atoms with Gasteiger partial charge in [0.05, 0.1) is 10.0 Å². The average Bonchev–Trinajstić information content (AvgIpc) is 2.29. The summed E-state index contributed by atoms with van der Waals surface area (Å²) in [5, 5.41) is 4.08. The molecule has 0 spiro atoms. The quantitative estimate of drug-likeness (QED) is 0.778. The topological polar surface area (TPSA) is 24.9 Å². The lowest BCUT2D eigenvalue weighted by Crippen LogP contribution is -1.95. The molecule has 17 heavy (non-hydrogen) atoms. The molecule has 0 atom stereocenters. The Kier molecular flexibility index (Phi) is 3.77. The van der Waals surface area contributed by atoms with Crippen molar-refractivity contribution in [3.8, 4) is 0 Å². The maximum atomic E-state index is 6.01. The second-order valence-electron chi connectivity index (χ2n) is 3.58. The molecule has 0 fully saturated rings. The van der Waals surface area contributed by atoms with E-state index in [4.69, 9.17) is 34.8 Å². The first-order valence-electron chi connectivity index (χ1n) is 4.91. The molecule has 2 aromatic rings. The van der Waals surface area contributed by atoms with Crippen molar-refractivity contribution in [2.24, 2.45) is 0 Å². The number of aromatic nitrogens is 1. The van der Waals surface area contributed by atoms with Crippen LogP contribution in [0.3, 0.4) is 0 Å². The van der Waals surface area contributed by atoms with E-state index in [1.165, 1.54) is 5.56 Å². The number of aryl methyl sites for hydroxylation is 1. The highest BCUT2D eigenvalue weighted by Gasteiger charge is 2.07. The van der Waals surface area contributed by atoms with Gasteiger partial charge in [-0.25, -0.2) is 4.98 Å². The highest BCUT2D eigenvalue weighted by molar-refractivity contribution is 6.43. The molecule has 0 unspecified atom stereocenters. The lowest BCUT2D eigenvalue weighted by Gasteiger charge is -2.08. The van der Waals surface area contributed by atoms with E-state index in [2.05, 4.69) is 10.3 Å². The van der Waals surface area contributed by atoms with E-state index in [9.17, 15) is 0 Å². The molecule has 0 aliphatic rings. The normalized spacial score (nSPS) is 10.4. The summed E-state index contributed by atoms with van der Waals surface area (Å²) >= 11 is 17.7. The van der Waals surface area contributed by atoms with Crippen LogP contribution in [0, 0.1) is 6.92 Å². The molecule has 0 radical (unpaired) electrons. The van der Waals surface area contributed by atoms with E-state index >= 15 is 0 Å². The van der Waals surface area contributed by atoms with Crippen LogP contribution in [0.1, 0.15) is 5.56 Å². The Hall–Kier alpha value is -0.960. The minimum atomic E-state index is 0.227. The van der Waals surface area contributed by atoms with Crippen LogP contribution in [0.15, 0.2) is 30.3 Å². The molecule has 1 N–H and O–H groups in total. The minimum absolute atomic E-state index is 0.227. The third-order valence-corrected chi connectivity index (χ3v) is 3.16. The predicted molar refractivity (Wildman–Crippen MR) is 73.7 cm³/mol. The first kappa shape index (κ1) is 12.5. The third kappa shape index (κ3) is 3.03. The van der Waals surface area contributed by atoms with Crippen LogP contribution in [0.5, 0.6) is 0 Å². The average molecular weight is 288 g/mol. The molecule has 2 nitrogen and oxygen atoms in total. The van der Waals surface area contributed by atoms with Gasteiger partial charge in [-0.1, -0.05) is 52.5 Å². The Labute approximate surface area is 115 Å². The Morgan fingerprint density at radius 2 is 1.65 bits per heavy atom.